The molecule has 0 bridgehead atoms. The molecule has 2 aliphatic heterocycles. The van der Waals surface area contributed by atoms with E-state index in [1.54, 1.807) is 18.2 Å². The molecule has 1 N–H and O–H groups in total. The second-order valence-corrected chi connectivity index (χ2v) is 6.30. The molecule has 2 aliphatic rings. The molecule has 8 heteroatoms. The van der Waals surface area contributed by atoms with Crippen LogP contribution in [0.4, 0.5) is 27.6 Å². The molecule has 0 spiro atoms. The van der Waals surface area contributed by atoms with Crippen LogP contribution in [0.1, 0.15) is 29.7 Å². The monoisotopic (exact) mass is 371 g/mol. The molecule has 0 aromatic heterocycles. The Morgan fingerprint density at radius 1 is 1.00 bits per heavy atom. The number of anilines is 1. The molecule has 0 saturated carbocycles. The summed E-state index contributed by atoms with van der Waals surface area (Å²) in [6.07, 6.45) is -0.111. The van der Waals surface area contributed by atoms with Crippen LogP contribution in [-0.2, 0) is 4.74 Å². The summed E-state index contributed by atoms with van der Waals surface area (Å²) < 4.78 is 80.2. The van der Waals surface area contributed by atoms with E-state index >= 15 is 0 Å². The largest absolute Gasteiger partial charge is 0.497 e. The smallest absolute Gasteiger partial charge is 0.200 e. The van der Waals surface area contributed by atoms with Gasteiger partial charge in [-0.25, -0.2) is 22.0 Å². The Bertz CT molecular complexity index is 859. The summed E-state index contributed by atoms with van der Waals surface area (Å²) in [4.78, 5) is 0. The van der Waals surface area contributed by atoms with Crippen molar-refractivity contribution in [2.45, 2.75) is 18.6 Å². The van der Waals surface area contributed by atoms with Gasteiger partial charge in [0, 0.05) is 23.8 Å². The summed E-state index contributed by atoms with van der Waals surface area (Å²) in [5.41, 5.74) is 0.373. The second kappa shape index (κ2) is 6.12. The molecule has 2 aromatic rings. The summed E-state index contributed by atoms with van der Waals surface area (Å²) in [5.74, 6) is -9.60. The molecule has 3 nitrogen and oxygen atoms in total. The molecule has 1 fully saturated rings. The Balaban J connectivity index is 1.87. The lowest BCUT2D eigenvalue weighted by Crippen LogP contribution is -2.31. The fourth-order valence-corrected chi connectivity index (χ4v) is 3.76. The first-order valence-electron chi connectivity index (χ1n) is 8.01. The predicted molar refractivity (Wildman–Crippen MR) is 82.4 cm³/mol. The Labute approximate surface area is 145 Å². The highest BCUT2D eigenvalue weighted by Crippen LogP contribution is 2.51. The van der Waals surface area contributed by atoms with Gasteiger partial charge in [0.05, 0.1) is 24.8 Å². The van der Waals surface area contributed by atoms with E-state index < -0.39 is 52.7 Å². The van der Waals surface area contributed by atoms with Gasteiger partial charge in [-0.3, -0.25) is 0 Å². The fourth-order valence-electron chi connectivity index (χ4n) is 3.76. The number of hydrogen-bond donors (Lipinski definition) is 1. The summed E-state index contributed by atoms with van der Waals surface area (Å²) in [6.45, 7) is 0.319. The summed E-state index contributed by atoms with van der Waals surface area (Å²) in [6, 6.07) is 3.90. The van der Waals surface area contributed by atoms with Crippen LogP contribution < -0.4 is 10.1 Å². The highest BCUT2D eigenvalue weighted by molar-refractivity contribution is 5.59. The number of hydrogen-bond acceptors (Lipinski definition) is 3. The number of ether oxygens (including phenoxy) is 2. The quantitative estimate of drug-likeness (QED) is 0.474. The number of halogens is 5. The van der Waals surface area contributed by atoms with Crippen molar-refractivity contribution in [3.05, 3.63) is 58.4 Å². The maximum Gasteiger partial charge on any atom is 0.200 e. The number of methoxy groups -OCH3 is 1. The molecular formula is C18H14F5NO2. The van der Waals surface area contributed by atoms with Crippen LogP contribution in [0.5, 0.6) is 5.75 Å². The van der Waals surface area contributed by atoms with E-state index in [2.05, 4.69) is 5.32 Å². The molecule has 3 atom stereocenters. The Morgan fingerprint density at radius 2 is 1.65 bits per heavy atom. The molecule has 1 saturated heterocycles. The number of nitrogens with one attached hydrogen (secondary N) is 1. The average Bonchev–Trinajstić information content (AvgIpc) is 3.15. The van der Waals surface area contributed by atoms with Crippen molar-refractivity contribution < 1.29 is 31.4 Å². The number of rotatable bonds is 2. The molecule has 0 amide bonds. The van der Waals surface area contributed by atoms with Crippen LogP contribution in [0.3, 0.4) is 0 Å². The van der Waals surface area contributed by atoms with Crippen molar-refractivity contribution in [3.63, 3.8) is 0 Å². The van der Waals surface area contributed by atoms with Gasteiger partial charge < -0.3 is 14.8 Å². The molecule has 4 rings (SSSR count). The second-order valence-electron chi connectivity index (χ2n) is 6.30. The van der Waals surface area contributed by atoms with Gasteiger partial charge in [-0.15, -0.1) is 0 Å². The summed E-state index contributed by atoms with van der Waals surface area (Å²) >= 11 is 0. The van der Waals surface area contributed by atoms with Gasteiger partial charge in [0.25, 0.3) is 0 Å². The van der Waals surface area contributed by atoms with Crippen molar-refractivity contribution >= 4 is 5.69 Å². The van der Waals surface area contributed by atoms with E-state index in [9.17, 15) is 22.0 Å². The van der Waals surface area contributed by atoms with Crippen LogP contribution in [0, 0.1) is 35.0 Å². The zero-order chi connectivity index (χ0) is 18.6. The van der Waals surface area contributed by atoms with Crippen molar-refractivity contribution in [1.82, 2.24) is 0 Å². The highest BCUT2D eigenvalue weighted by atomic mass is 19.2. The molecule has 2 aromatic carbocycles. The van der Waals surface area contributed by atoms with Crippen LogP contribution in [0.25, 0.3) is 0 Å². The molecule has 26 heavy (non-hydrogen) atoms. The fraction of sp³-hybridized carbons (Fsp3) is 0.333. The van der Waals surface area contributed by atoms with Crippen LogP contribution in [0.15, 0.2) is 18.2 Å². The van der Waals surface area contributed by atoms with Gasteiger partial charge in [0.15, 0.2) is 23.3 Å². The highest BCUT2D eigenvalue weighted by Gasteiger charge is 2.45. The Kier molecular flexibility index (Phi) is 4.02. The van der Waals surface area contributed by atoms with Gasteiger partial charge in [-0.2, -0.15) is 0 Å². The van der Waals surface area contributed by atoms with Crippen molar-refractivity contribution in [2.24, 2.45) is 5.92 Å². The average molecular weight is 371 g/mol. The molecule has 0 unspecified atom stereocenters. The normalized spacial score (nSPS) is 24.0. The maximum atomic E-state index is 14.3. The third-order valence-corrected chi connectivity index (χ3v) is 5.00. The van der Waals surface area contributed by atoms with Crippen LogP contribution >= 0.6 is 0 Å². The SMILES string of the molecule is COc1ccc2c(c1)[C@@H]1OCC[C@H]1[C@@H](c1c(F)c(F)c(F)c(F)c1F)N2. The molecule has 2 heterocycles. The topological polar surface area (TPSA) is 30.5 Å². The number of fused-ring (bicyclic) bond motifs is 3. The minimum absolute atomic E-state index is 0.319. The third-order valence-electron chi connectivity index (χ3n) is 5.00. The molecule has 138 valence electrons. The summed E-state index contributed by atoms with van der Waals surface area (Å²) in [5, 5.41) is 2.92. The standard InChI is InChI=1S/C18H14F5NO2/c1-25-7-2-3-10-9(6-7)18-8(4-5-26-18)17(24-10)11-12(19)14(21)16(23)15(22)13(11)20/h2-3,6,8,17-18,24H,4-5H2,1H3/t8-,17-,18+/m0/s1. The van der Waals surface area contributed by atoms with E-state index in [1.165, 1.54) is 7.11 Å². The van der Waals surface area contributed by atoms with Crippen LogP contribution in [-0.4, -0.2) is 13.7 Å². The van der Waals surface area contributed by atoms with Crippen molar-refractivity contribution in [1.29, 1.82) is 0 Å². The lowest BCUT2D eigenvalue weighted by atomic mass is 9.80. The molecule has 0 radical (unpaired) electrons. The van der Waals surface area contributed by atoms with E-state index in [0.29, 0.717) is 24.5 Å². The first-order valence-corrected chi connectivity index (χ1v) is 8.01. The summed E-state index contributed by atoms with van der Waals surface area (Å²) in [7, 11) is 1.50. The zero-order valence-corrected chi connectivity index (χ0v) is 13.6. The van der Waals surface area contributed by atoms with Crippen molar-refractivity contribution in [3.8, 4) is 5.75 Å². The lowest BCUT2D eigenvalue weighted by Gasteiger charge is -2.36. The predicted octanol–water partition coefficient (Wildman–Crippen LogP) is 4.64. The Hall–Kier alpha value is -2.35. The first kappa shape index (κ1) is 17.1. The van der Waals surface area contributed by atoms with Gasteiger partial charge in [-0.1, -0.05) is 0 Å². The van der Waals surface area contributed by atoms with E-state index in [0.717, 1.165) is 5.56 Å². The maximum absolute atomic E-state index is 14.3. The number of benzene rings is 2. The van der Waals surface area contributed by atoms with E-state index in [1.807, 2.05) is 0 Å². The van der Waals surface area contributed by atoms with Crippen molar-refractivity contribution in [2.75, 3.05) is 19.0 Å². The Morgan fingerprint density at radius 3 is 2.31 bits per heavy atom. The van der Waals surface area contributed by atoms with Gasteiger partial charge in [-0.05, 0) is 24.6 Å². The van der Waals surface area contributed by atoms with Crippen LogP contribution in [0.2, 0.25) is 0 Å². The lowest BCUT2D eigenvalue weighted by molar-refractivity contribution is 0.0818. The minimum Gasteiger partial charge on any atom is -0.497 e. The van der Waals surface area contributed by atoms with Gasteiger partial charge in [0.2, 0.25) is 5.82 Å². The first-order chi connectivity index (χ1) is 12.4. The molecule has 0 aliphatic carbocycles. The van der Waals surface area contributed by atoms with Gasteiger partial charge in [0.1, 0.15) is 5.75 Å². The minimum atomic E-state index is -2.16. The van der Waals surface area contributed by atoms with Gasteiger partial charge >= 0.3 is 0 Å². The van der Waals surface area contributed by atoms with E-state index in [4.69, 9.17) is 9.47 Å². The molecular weight excluding hydrogens is 357 g/mol. The third kappa shape index (κ3) is 2.35. The zero-order valence-electron chi connectivity index (χ0n) is 13.6. The van der Waals surface area contributed by atoms with E-state index in [-0.39, 0.29) is 0 Å².